The van der Waals surface area contributed by atoms with Crippen LogP contribution in [0.25, 0.3) is 0 Å². The Bertz CT molecular complexity index is 397. The minimum absolute atomic E-state index is 0.628. The van der Waals surface area contributed by atoms with Crippen molar-refractivity contribution in [1.29, 1.82) is 0 Å². The zero-order valence-electron chi connectivity index (χ0n) is 11.4. The van der Waals surface area contributed by atoms with Crippen molar-refractivity contribution in [3.63, 3.8) is 0 Å². The van der Waals surface area contributed by atoms with Gasteiger partial charge in [-0.2, -0.15) is 4.98 Å². The second-order valence-corrected chi connectivity index (χ2v) is 4.87. The summed E-state index contributed by atoms with van der Waals surface area (Å²) in [5, 5.41) is 3.39. The molecule has 0 bridgehead atoms. The van der Waals surface area contributed by atoms with E-state index in [-0.39, 0.29) is 0 Å². The Morgan fingerprint density at radius 2 is 2.33 bits per heavy atom. The zero-order chi connectivity index (χ0) is 13.0. The Hall–Kier alpha value is -1.36. The number of hydrogen-bond donors (Lipinski definition) is 1. The standard InChI is InChI=1S/C13H22N4O/c1-4-18-13-7-12(15-10(2)16-13)14-8-11-5-6-17(3)9-11/h7,11H,4-6,8-9H2,1-3H3,(H,14,15,16). The van der Waals surface area contributed by atoms with Crippen LogP contribution < -0.4 is 10.1 Å². The van der Waals surface area contributed by atoms with Gasteiger partial charge in [-0.05, 0) is 39.8 Å². The van der Waals surface area contributed by atoms with Crippen LogP contribution in [-0.2, 0) is 0 Å². The van der Waals surface area contributed by atoms with Gasteiger partial charge in [0.2, 0.25) is 5.88 Å². The predicted molar refractivity (Wildman–Crippen MR) is 72.0 cm³/mol. The first kappa shape index (κ1) is 13.1. The van der Waals surface area contributed by atoms with Crippen molar-refractivity contribution in [2.45, 2.75) is 20.3 Å². The summed E-state index contributed by atoms with van der Waals surface area (Å²) in [6, 6.07) is 1.87. The molecule has 2 rings (SSSR count). The fourth-order valence-electron chi connectivity index (χ4n) is 2.29. The van der Waals surface area contributed by atoms with E-state index >= 15 is 0 Å². The summed E-state index contributed by atoms with van der Waals surface area (Å²) in [5.74, 6) is 2.96. The molecule has 2 heterocycles. The maximum Gasteiger partial charge on any atom is 0.218 e. The van der Waals surface area contributed by atoms with Crippen molar-refractivity contribution in [2.24, 2.45) is 5.92 Å². The van der Waals surface area contributed by atoms with E-state index in [0.717, 1.165) is 24.7 Å². The average molecular weight is 250 g/mol. The van der Waals surface area contributed by atoms with Gasteiger partial charge in [0.25, 0.3) is 0 Å². The molecule has 1 fully saturated rings. The second-order valence-electron chi connectivity index (χ2n) is 4.87. The van der Waals surface area contributed by atoms with Crippen LogP contribution >= 0.6 is 0 Å². The highest BCUT2D eigenvalue weighted by molar-refractivity contribution is 5.38. The Morgan fingerprint density at radius 3 is 3.00 bits per heavy atom. The fraction of sp³-hybridized carbons (Fsp3) is 0.692. The molecule has 0 amide bonds. The summed E-state index contributed by atoms with van der Waals surface area (Å²) < 4.78 is 5.42. The van der Waals surface area contributed by atoms with E-state index in [4.69, 9.17) is 4.74 Å². The molecule has 1 aliphatic heterocycles. The van der Waals surface area contributed by atoms with E-state index in [1.165, 1.54) is 13.0 Å². The van der Waals surface area contributed by atoms with Gasteiger partial charge in [-0.1, -0.05) is 0 Å². The average Bonchev–Trinajstić information content (AvgIpc) is 2.72. The molecule has 1 atom stereocenters. The van der Waals surface area contributed by atoms with Crippen molar-refractivity contribution < 1.29 is 4.74 Å². The molecule has 1 aromatic heterocycles. The lowest BCUT2D eigenvalue weighted by Crippen LogP contribution is -2.19. The lowest BCUT2D eigenvalue weighted by atomic mass is 10.1. The van der Waals surface area contributed by atoms with Crippen molar-refractivity contribution in [3.05, 3.63) is 11.9 Å². The molecule has 5 heteroatoms. The first-order valence-corrected chi connectivity index (χ1v) is 6.58. The highest BCUT2D eigenvalue weighted by atomic mass is 16.5. The van der Waals surface area contributed by atoms with Gasteiger partial charge < -0.3 is 15.0 Å². The van der Waals surface area contributed by atoms with Gasteiger partial charge in [-0.3, -0.25) is 0 Å². The Morgan fingerprint density at radius 1 is 1.50 bits per heavy atom. The van der Waals surface area contributed by atoms with Crippen molar-refractivity contribution in [2.75, 3.05) is 38.6 Å². The minimum Gasteiger partial charge on any atom is -0.478 e. The fourth-order valence-corrected chi connectivity index (χ4v) is 2.29. The smallest absolute Gasteiger partial charge is 0.218 e. The number of nitrogens with one attached hydrogen (secondary N) is 1. The van der Waals surface area contributed by atoms with Crippen LogP contribution in [-0.4, -0.2) is 48.2 Å². The van der Waals surface area contributed by atoms with Gasteiger partial charge in [-0.15, -0.1) is 0 Å². The van der Waals surface area contributed by atoms with Crippen molar-refractivity contribution in [3.8, 4) is 5.88 Å². The lowest BCUT2D eigenvalue weighted by Gasteiger charge is -2.13. The number of anilines is 1. The van der Waals surface area contributed by atoms with E-state index in [1.807, 2.05) is 19.9 Å². The molecule has 1 saturated heterocycles. The number of aromatic nitrogens is 2. The van der Waals surface area contributed by atoms with Crippen LogP contribution in [0.5, 0.6) is 5.88 Å². The maximum absolute atomic E-state index is 5.42. The number of rotatable bonds is 5. The van der Waals surface area contributed by atoms with Gasteiger partial charge in [0.05, 0.1) is 6.61 Å². The van der Waals surface area contributed by atoms with E-state index in [9.17, 15) is 0 Å². The topological polar surface area (TPSA) is 50.3 Å². The molecule has 0 aliphatic carbocycles. The van der Waals surface area contributed by atoms with Crippen LogP contribution in [0.15, 0.2) is 6.07 Å². The first-order valence-electron chi connectivity index (χ1n) is 6.58. The van der Waals surface area contributed by atoms with Crippen LogP contribution in [0.1, 0.15) is 19.2 Å². The molecule has 1 aliphatic rings. The number of aryl methyl sites for hydroxylation is 1. The third-order valence-electron chi connectivity index (χ3n) is 3.17. The Kier molecular flexibility index (Phi) is 4.36. The molecule has 0 radical (unpaired) electrons. The summed E-state index contributed by atoms with van der Waals surface area (Å²) in [6.45, 7) is 7.79. The van der Waals surface area contributed by atoms with Crippen molar-refractivity contribution >= 4 is 5.82 Å². The molecule has 1 N–H and O–H groups in total. The minimum atomic E-state index is 0.628. The van der Waals surface area contributed by atoms with E-state index < -0.39 is 0 Å². The molecule has 0 spiro atoms. The van der Waals surface area contributed by atoms with Crippen LogP contribution in [0.3, 0.4) is 0 Å². The van der Waals surface area contributed by atoms with E-state index in [2.05, 4.69) is 27.2 Å². The number of likely N-dealkylation sites (tertiary alicyclic amines) is 1. The number of hydrogen-bond acceptors (Lipinski definition) is 5. The molecule has 1 unspecified atom stereocenters. The summed E-state index contributed by atoms with van der Waals surface area (Å²) >= 11 is 0. The van der Waals surface area contributed by atoms with Crippen LogP contribution in [0.4, 0.5) is 5.82 Å². The SMILES string of the molecule is CCOc1cc(NCC2CCN(C)C2)nc(C)n1. The monoisotopic (exact) mass is 250 g/mol. The van der Waals surface area contributed by atoms with Crippen LogP contribution in [0, 0.1) is 12.8 Å². The van der Waals surface area contributed by atoms with Gasteiger partial charge >= 0.3 is 0 Å². The Labute approximate surface area is 109 Å². The number of nitrogens with zero attached hydrogens (tertiary/aromatic N) is 3. The van der Waals surface area contributed by atoms with Gasteiger partial charge in [0.1, 0.15) is 11.6 Å². The largest absolute Gasteiger partial charge is 0.478 e. The van der Waals surface area contributed by atoms with Gasteiger partial charge in [-0.25, -0.2) is 4.98 Å². The lowest BCUT2D eigenvalue weighted by molar-refractivity contribution is 0.325. The predicted octanol–water partition coefficient (Wildman–Crippen LogP) is 1.55. The highest BCUT2D eigenvalue weighted by Crippen LogP contribution is 2.17. The van der Waals surface area contributed by atoms with Gasteiger partial charge in [0, 0.05) is 19.2 Å². The van der Waals surface area contributed by atoms with Gasteiger partial charge in [0.15, 0.2) is 0 Å². The summed E-state index contributed by atoms with van der Waals surface area (Å²) in [7, 11) is 2.17. The third-order valence-corrected chi connectivity index (χ3v) is 3.17. The molecular formula is C13H22N4O. The summed E-state index contributed by atoms with van der Waals surface area (Å²) in [6.07, 6.45) is 1.26. The Balaban J connectivity index is 1.92. The molecular weight excluding hydrogens is 228 g/mol. The first-order chi connectivity index (χ1) is 8.67. The van der Waals surface area contributed by atoms with Crippen molar-refractivity contribution in [1.82, 2.24) is 14.9 Å². The zero-order valence-corrected chi connectivity index (χ0v) is 11.4. The summed E-state index contributed by atoms with van der Waals surface area (Å²) in [5.41, 5.74) is 0. The molecule has 0 saturated carbocycles. The second kappa shape index (κ2) is 6.00. The maximum atomic E-state index is 5.42. The summed E-state index contributed by atoms with van der Waals surface area (Å²) in [4.78, 5) is 11.0. The molecule has 1 aromatic rings. The highest BCUT2D eigenvalue weighted by Gasteiger charge is 2.19. The molecule has 0 aromatic carbocycles. The van der Waals surface area contributed by atoms with E-state index in [0.29, 0.717) is 18.4 Å². The molecule has 100 valence electrons. The number of ether oxygens (including phenoxy) is 1. The molecule has 5 nitrogen and oxygen atoms in total. The molecule has 18 heavy (non-hydrogen) atoms. The van der Waals surface area contributed by atoms with Crippen LogP contribution in [0.2, 0.25) is 0 Å². The third kappa shape index (κ3) is 3.57. The normalized spacial score (nSPS) is 20.1. The quantitative estimate of drug-likeness (QED) is 0.859. The van der Waals surface area contributed by atoms with E-state index in [1.54, 1.807) is 0 Å².